The molecule has 3 N–H and O–H groups in total. The Hall–Kier alpha value is -2.26. The highest BCUT2D eigenvalue weighted by atomic mass is 32.1. The molecule has 8 heteroatoms. The van der Waals surface area contributed by atoms with Crippen LogP contribution >= 0.6 is 11.3 Å². The van der Waals surface area contributed by atoms with Gasteiger partial charge in [-0.05, 0) is 61.9 Å². The second-order valence-electron chi connectivity index (χ2n) is 9.15. The second-order valence-corrected chi connectivity index (χ2v) is 10.3. The van der Waals surface area contributed by atoms with Crippen LogP contribution in [0.25, 0.3) is 0 Å². The number of anilines is 1. The minimum Gasteiger partial charge on any atom is -0.459 e. The fraction of sp³-hybridized carbons (Fsp3) is 0.556. The van der Waals surface area contributed by atoms with Crippen LogP contribution in [0.3, 0.4) is 0 Å². The van der Waals surface area contributed by atoms with E-state index in [0.717, 1.165) is 67.5 Å². The maximum Gasteiger partial charge on any atom is 0.348 e. The largest absolute Gasteiger partial charge is 0.459 e. The first-order valence-electron chi connectivity index (χ1n) is 12.6. The molecule has 1 aromatic carbocycles. The molecule has 1 aliphatic heterocycles. The van der Waals surface area contributed by atoms with Gasteiger partial charge in [0.15, 0.2) is 0 Å². The van der Waals surface area contributed by atoms with E-state index >= 15 is 0 Å². The number of aryl methyl sites for hydroxylation is 1. The number of aliphatic hydroxyl groups excluding tert-OH is 3. The van der Waals surface area contributed by atoms with E-state index in [1.165, 1.54) is 11.3 Å². The number of unbranched alkanes of at least 4 members (excludes halogenated alkanes) is 2. The number of nitrogens with zero attached hydrogens (tertiary/aromatic N) is 1. The molecule has 1 saturated heterocycles. The number of hydrogen-bond donors (Lipinski definition) is 3. The van der Waals surface area contributed by atoms with Crippen molar-refractivity contribution in [1.82, 2.24) is 0 Å². The molecule has 1 unspecified atom stereocenters. The minimum absolute atomic E-state index is 0.137. The summed E-state index contributed by atoms with van der Waals surface area (Å²) < 4.78 is 5.00. The van der Waals surface area contributed by atoms with Crippen molar-refractivity contribution in [1.29, 1.82) is 0 Å². The van der Waals surface area contributed by atoms with E-state index in [2.05, 4.69) is 6.92 Å². The number of hydrogen-bond acceptors (Lipinski definition) is 7. The average molecular weight is 504 g/mol. The number of benzene rings is 1. The smallest absolute Gasteiger partial charge is 0.348 e. The lowest BCUT2D eigenvalue weighted by Crippen LogP contribution is -2.32. The van der Waals surface area contributed by atoms with Crippen molar-refractivity contribution in [2.24, 2.45) is 0 Å². The summed E-state index contributed by atoms with van der Waals surface area (Å²) in [5.41, 5.74) is 1.78. The molecule has 3 rings (SSSR count). The van der Waals surface area contributed by atoms with Gasteiger partial charge in [-0.25, -0.2) is 4.79 Å². The van der Waals surface area contributed by atoms with Crippen molar-refractivity contribution in [3.8, 4) is 0 Å². The summed E-state index contributed by atoms with van der Waals surface area (Å²) in [6.07, 6.45) is 6.40. The molecule has 0 aliphatic carbocycles. The predicted octanol–water partition coefficient (Wildman–Crippen LogP) is 4.39. The van der Waals surface area contributed by atoms with E-state index in [0.29, 0.717) is 11.3 Å². The maximum atomic E-state index is 12.6. The monoisotopic (exact) mass is 503 g/mol. The summed E-state index contributed by atoms with van der Waals surface area (Å²) >= 11 is 1.37. The van der Waals surface area contributed by atoms with Gasteiger partial charge in [0.2, 0.25) is 5.91 Å². The molecule has 0 spiro atoms. The lowest BCUT2D eigenvalue weighted by molar-refractivity contribution is -0.117. The van der Waals surface area contributed by atoms with Crippen LogP contribution in [0.15, 0.2) is 36.4 Å². The molecule has 1 fully saturated rings. The predicted molar refractivity (Wildman–Crippen MR) is 137 cm³/mol. The van der Waals surface area contributed by atoms with Crippen molar-refractivity contribution in [3.63, 3.8) is 0 Å². The molecule has 2 aromatic rings. The van der Waals surface area contributed by atoms with Gasteiger partial charge in [0.25, 0.3) is 0 Å². The molecule has 0 bridgehead atoms. The zero-order valence-corrected chi connectivity index (χ0v) is 21.2. The van der Waals surface area contributed by atoms with Gasteiger partial charge >= 0.3 is 5.97 Å². The quantitative estimate of drug-likeness (QED) is 0.261. The Morgan fingerprint density at radius 3 is 2.63 bits per heavy atom. The molecule has 1 aliphatic rings. The second kappa shape index (κ2) is 13.7. The summed E-state index contributed by atoms with van der Waals surface area (Å²) in [7, 11) is 0. The van der Waals surface area contributed by atoms with Gasteiger partial charge in [0.1, 0.15) is 17.6 Å². The van der Waals surface area contributed by atoms with Gasteiger partial charge in [-0.2, -0.15) is 0 Å². The standard InChI is InChI=1S/C27H37NO6S/c1-2-3-4-8-24(31)19-9-11-21(12-10-19)28-20(13-16-26(28)32)6-5-7-23-14-15-25(35-23)27(33)34-18-22(30)17-29/h9-12,14-15,20,22,24,29-31H,2-8,13,16-18H2,1H3/t20-,22?,24-/m0/s1. The van der Waals surface area contributed by atoms with E-state index in [4.69, 9.17) is 9.84 Å². The van der Waals surface area contributed by atoms with Gasteiger partial charge in [-0.1, -0.05) is 38.3 Å². The fourth-order valence-corrected chi connectivity index (χ4v) is 5.36. The Morgan fingerprint density at radius 2 is 1.91 bits per heavy atom. The lowest BCUT2D eigenvalue weighted by atomic mass is 10.0. The number of carbonyl (C=O) groups excluding carboxylic acids is 2. The van der Waals surface area contributed by atoms with E-state index in [1.54, 1.807) is 6.07 Å². The fourth-order valence-electron chi connectivity index (χ4n) is 4.41. The molecular formula is C27H37NO6S. The van der Waals surface area contributed by atoms with Crippen LogP contribution in [0.2, 0.25) is 0 Å². The molecule has 1 aromatic heterocycles. The highest BCUT2D eigenvalue weighted by Crippen LogP contribution is 2.31. The highest BCUT2D eigenvalue weighted by molar-refractivity contribution is 7.13. The summed E-state index contributed by atoms with van der Waals surface area (Å²) in [5, 5.41) is 28.5. The number of ether oxygens (including phenoxy) is 1. The topological polar surface area (TPSA) is 107 Å². The SMILES string of the molecule is CCCCC[C@H](O)c1ccc(N2C(=O)CC[C@@H]2CCCc2ccc(C(=O)OCC(O)CO)s2)cc1. The van der Waals surface area contributed by atoms with Crippen molar-refractivity contribution in [2.75, 3.05) is 18.1 Å². The Kier molecular flexibility index (Phi) is 10.7. The normalized spacial score (nSPS) is 17.5. The molecule has 3 atom stereocenters. The van der Waals surface area contributed by atoms with Crippen LogP contribution in [0, 0.1) is 0 Å². The van der Waals surface area contributed by atoms with Gasteiger partial charge in [-0.15, -0.1) is 11.3 Å². The molecule has 7 nitrogen and oxygen atoms in total. The van der Waals surface area contributed by atoms with Gasteiger partial charge < -0.3 is 25.0 Å². The van der Waals surface area contributed by atoms with Gasteiger partial charge in [0.05, 0.1) is 12.7 Å². The Balaban J connectivity index is 1.50. The lowest BCUT2D eigenvalue weighted by Gasteiger charge is -2.25. The zero-order valence-electron chi connectivity index (χ0n) is 20.4. The Bertz CT molecular complexity index is 943. The van der Waals surface area contributed by atoms with E-state index in [-0.39, 0.29) is 18.6 Å². The Labute approximate surface area is 211 Å². The van der Waals surface area contributed by atoms with Crippen molar-refractivity contribution in [2.45, 2.75) is 83.0 Å². The summed E-state index contributed by atoms with van der Waals surface area (Å²) in [6, 6.07) is 11.5. The maximum absolute atomic E-state index is 12.6. The zero-order chi connectivity index (χ0) is 25.2. The third-order valence-corrected chi connectivity index (χ3v) is 7.53. The third kappa shape index (κ3) is 7.87. The van der Waals surface area contributed by atoms with Crippen molar-refractivity contribution in [3.05, 3.63) is 51.7 Å². The van der Waals surface area contributed by atoms with Crippen molar-refractivity contribution < 1.29 is 29.6 Å². The summed E-state index contributed by atoms with van der Waals surface area (Å²) in [6.45, 7) is 1.47. The van der Waals surface area contributed by atoms with Crippen LogP contribution < -0.4 is 4.90 Å². The molecule has 0 radical (unpaired) electrons. The van der Waals surface area contributed by atoms with Crippen LogP contribution in [-0.2, 0) is 16.0 Å². The number of carbonyl (C=O) groups is 2. The first kappa shape index (κ1) is 27.3. The molecule has 0 saturated carbocycles. The van der Waals surface area contributed by atoms with E-state index in [1.807, 2.05) is 35.2 Å². The highest BCUT2D eigenvalue weighted by Gasteiger charge is 2.31. The minimum atomic E-state index is -1.07. The molecule has 192 valence electrons. The van der Waals surface area contributed by atoms with Crippen LogP contribution in [0.1, 0.15) is 84.5 Å². The van der Waals surface area contributed by atoms with Crippen LogP contribution in [-0.4, -0.2) is 52.6 Å². The van der Waals surface area contributed by atoms with E-state index in [9.17, 15) is 19.8 Å². The van der Waals surface area contributed by atoms with Crippen molar-refractivity contribution >= 4 is 28.9 Å². The van der Waals surface area contributed by atoms with Gasteiger partial charge in [-0.3, -0.25) is 4.79 Å². The Morgan fingerprint density at radius 1 is 1.14 bits per heavy atom. The number of aliphatic hydroxyl groups is 3. The van der Waals surface area contributed by atoms with Gasteiger partial charge in [0, 0.05) is 23.0 Å². The molecular weight excluding hydrogens is 466 g/mol. The molecule has 2 heterocycles. The van der Waals surface area contributed by atoms with Crippen LogP contribution in [0.5, 0.6) is 0 Å². The third-order valence-electron chi connectivity index (χ3n) is 6.40. The summed E-state index contributed by atoms with van der Waals surface area (Å²) in [5.74, 6) is -0.363. The molecule has 35 heavy (non-hydrogen) atoms. The first-order valence-corrected chi connectivity index (χ1v) is 13.4. The van der Waals surface area contributed by atoms with Crippen LogP contribution in [0.4, 0.5) is 5.69 Å². The molecule has 1 amide bonds. The number of thiophene rings is 1. The van der Waals surface area contributed by atoms with E-state index < -0.39 is 24.8 Å². The number of esters is 1. The number of rotatable bonds is 14. The summed E-state index contributed by atoms with van der Waals surface area (Å²) in [4.78, 5) is 28.1. The average Bonchev–Trinajstić information content (AvgIpc) is 3.49. The number of amides is 1. The first-order chi connectivity index (χ1) is 16.9.